The maximum absolute atomic E-state index is 11.7. The van der Waals surface area contributed by atoms with Gasteiger partial charge in [-0.05, 0) is 6.07 Å². The number of alkyl halides is 3. The summed E-state index contributed by atoms with van der Waals surface area (Å²) in [6.45, 7) is -1.18. The molecule has 0 atom stereocenters. The Kier molecular flexibility index (Phi) is 8.23. The molecule has 94 valence electrons. The Morgan fingerprint density at radius 2 is 1.81 bits per heavy atom. The van der Waals surface area contributed by atoms with Gasteiger partial charge in [0.25, 0.3) is 0 Å². The summed E-state index contributed by atoms with van der Waals surface area (Å²) in [7, 11) is 0. The van der Waals surface area contributed by atoms with Gasteiger partial charge in [-0.15, -0.1) is 29.9 Å². The monoisotopic (exact) mass is 279 g/mol. The van der Waals surface area contributed by atoms with Crippen LogP contribution in [0.4, 0.5) is 13.2 Å². The third-order valence-corrected chi connectivity index (χ3v) is 1.29. The summed E-state index contributed by atoms with van der Waals surface area (Å²) in [6, 6.07) is 2.75. The number of rotatable bonds is 3. The zero-order valence-electron chi connectivity index (χ0n) is 7.90. The van der Waals surface area contributed by atoms with Gasteiger partial charge in [-0.3, -0.25) is 0 Å². The second kappa shape index (κ2) is 7.48. The molecule has 2 N–H and O–H groups in total. The minimum atomic E-state index is -4.37. The van der Waals surface area contributed by atoms with Crippen molar-refractivity contribution in [1.82, 2.24) is 10.2 Å². The molecule has 1 aromatic heterocycles. The van der Waals surface area contributed by atoms with Gasteiger partial charge in [0.05, 0.1) is 5.69 Å². The number of nitrogens with zero attached hydrogens (tertiary/aromatic N) is 2. The second-order valence-electron chi connectivity index (χ2n) is 2.47. The lowest BCUT2D eigenvalue weighted by molar-refractivity contribution is -0.154. The predicted octanol–water partition coefficient (Wildman–Crippen LogP) is 1.72. The molecule has 0 saturated carbocycles. The summed E-state index contributed by atoms with van der Waals surface area (Å²) in [5.41, 5.74) is 5.71. The molecule has 0 fully saturated rings. The van der Waals surface area contributed by atoms with E-state index < -0.39 is 12.8 Å². The molecule has 0 unspecified atom stereocenters. The van der Waals surface area contributed by atoms with Gasteiger partial charge in [-0.25, -0.2) is 0 Å². The summed E-state index contributed by atoms with van der Waals surface area (Å²) < 4.78 is 39.4. The molecule has 0 aliphatic carbocycles. The van der Waals surface area contributed by atoms with Crippen molar-refractivity contribution in [2.45, 2.75) is 12.7 Å². The largest absolute Gasteiger partial charge is 0.467 e. The Bertz CT molecular complexity index is 294. The van der Waals surface area contributed by atoms with Gasteiger partial charge in [0.15, 0.2) is 6.61 Å². The Morgan fingerprint density at radius 1 is 1.19 bits per heavy atom. The van der Waals surface area contributed by atoms with E-state index in [1.165, 1.54) is 12.1 Å². The average Bonchev–Trinajstić information content (AvgIpc) is 2.14. The molecule has 0 aliphatic rings. The lowest BCUT2D eigenvalue weighted by Gasteiger charge is -2.07. The SMILES string of the molecule is Cl.Cl.NCc1ccc(OCC(F)(F)F)nn1. The molecule has 0 aromatic carbocycles. The van der Waals surface area contributed by atoms with Crippen molar-refractivity contribution in [1.29, 1.82) is 0 Å². The number of aromatic nitrogens is 2. The molecular weight excluding hydrogens is 270 g/mol. The third kappa shape index (κ3) is 6.65. The van der Waals surface area contributed by atoms with Crippen LogP contribution < -0.4 is 10.5 Å². The van der Waals surface area contributed by atoms with Crippen LogP contribution >= 0.6 is 24.8 Å². The van der Waals surface area contributed by atoms with Crippen LogP contribution in [0, 0.1) is 0 Å². The number of ether oxygens (including phenoxy) is 1. The molecule has 0 saturated heterocycles. The third-order valence-electron chi connectivity index (χ3n) is 1.29. The molecule has 0 spiro atoms. The first kappa shape index (κ1) is 17.6. The molecule has 0 radical (unpaired) electrons. The van der Waals surface area contributed by atoms with E-state index in [1.807, 2.05) is 0 Å². The van der Waals surface area contributed by atoms with Crippen LogP contribution in [-0.4, -0.2) is 23.0 Å². The lowest BCUT2D eigenvalue weighted by Crippen LogP contribution is -2.19. The zero-order chi connectivity index (χ0) is 10.6. The topological polar surface area (TPSA) is 61.0 Å². The Hall–Kier alpha value is -0.790. The van der Waals surface area contributed by atoms with Crippen molar-refractivity contribution in [3.8, 4) is 5.88 Å². The second-order valence-corrected chi connectivity index (χ2v) is 2.47. The highest BCUT2D eigenvalue weighted by Crippen LogP contribution is 2.16. The maximum atomic E-state index is 11.7. The van der Waals surface area contributed by atoms with E-state index in [9.17, 15) is 13.2 Å². The van der Waals surface area contributed by atoms with Crippen molar-refractivity contribution in [3.63, 3.8) is 0 Å². The minimum absolute atomic E-state index is 0. The molecule has 0 aliphatic heterocycles. The van der Waals surface area contributed by atoms with Crippen molar-refractivity contribution >= 4 is 24.8 Å². The fraction of sp³-hybridized carbons (Fsp3) is 0.429. The van der Waals surface area contributed by atoms with Crippen LogP contribution in [0.3, 0.4) is 0 Å². The molecule has 1 rings (SSSR count). The maximum Gasteiger partial charge on any atom is 0.422 e. The van der Waals surface area contributed by atoms with E-state index >= 15 is 0 Å². The fourth-order valence-electron chi connectivity index (χ4n) is 0.689. The van der Waals surface area contributed by atoms with Crippen LogP contribution in [-0.2, 0) is 6.54 Å². The summed E-state index contributed by atoms with van der Waals surface area (Å²) >= 11 is 0. The first-order chi connectivity index (χ1) is 6.51. The molecule has 1 heterocycles. The van der Waals surface area contributed by atoms with Crippen molar-refractivity contribution < 1.29 is 17.9 Å². The van der Waals surface area contributed by atoms with Crippen molar-refractivity contribution in [2.24, 2.45) is 5.73 Å². The molecule has 0 amide bonds. The van der Waals surface area contributed by atoms with Gasteiger partial charge < -0.3 is 10.5 Å². The molecule has 16 heavy (non-hydrogen) atoms. The first-order valence-electron chi connectivity index (χ1n) is 3.73. The smallest absolute Gasteiger partial charge is 0.422 e. The number of halogens is 5. The predicted molar refractivity (Wildman–Crippen MR) is 56.0 cm³/mol. The average molecular weight is 280 g/mol. The zero-order valence-corrected chi connectivity index (χ0v) is 9.53. The number of nitrogens with two attached hydrogens (primary N) is 1. The van der Waals surface area contributed by atoms with Crippen LogP contribution in [0.25, 0.3) is 0 Å². The quantitative estimate of drug-likeness (QED) is 0.915. The van der Waals surface area contributed by atoms with Crippen molar-refractivity contribution in [2.75, 3.05) is 6.61 Å². The van der Waals surface area contributed by atoms with E-state index in [2.05, 4.69) is 14.9 Å². The molecular formula is C7H10Cl2F3N3O. The summed E-state index contributed by atoms with van der Waals surface area (Å²) in [5.74, 6) is -0.167. The van der Waals surface area contributed by atoms with Gasteiger partial charge >= 0.3 is 6.18 Å². The highest BCUT2D eigenvalue weighted by molar-refractivity contribution is 5.85. The molecule has 0 bridgehead atoms. The summed E-state index contributed by atoms with van der Waals surface area (Å²) in [4.78, 5) is 0. The van der Waals surface area contributed by atoms with Gasteiger partial charge in [-0.1, -0.05) is 0 Å². The van der Waals surface area contributed by atoms with Crippen molar-refractivity contribution in [3.05, 3.63) is 17.8 Å². The Morgan fingerprint density at radius 3 is 2.19 bits per heavy atom. The standard InChI is InChI=1S/C7H8F3N3O.2ClH/c8-7(9,10)4-14-6-2-1-5(3-11)12-13-6;;/h1-2H,3-4,11H2;2*1H. The lowest BCUT2D eigenvalue weighted by atomic mass is 10.4. The first-order valence-corrected chi connectivity index (χ1v) is 3.73. The number of hydrogen-bond acceptors (Lipinski definition) is 4. The van der Waals surface area contributed by atoms with Crippen LogP contribution in [0.2, 0.25) is 0 Å². The van der Waals surface area contributed by atoms with E-state index in [0.717, 1.165) is 0 Å². The van der Waals surface area contributed by atoms with Crippen LogP contribution in [0.15, 0.2) is 12.1 Å². The van der Waals surface area contributed by atoms with Crippen LogP contribution in [0.1, 0.15) is 5.69 Å². The molecule has 4 nitrogen and oxygen atoms in total. The fourth-order valence-corrected chi connectivity index (χ4v) is 0.689. The van der Waals surface area contributed by atoms with Gasteiger partial charge in [0.1, 0.15) is 0 Å². The van der Waals surface area contributed by atoms with E-state index in [1.54, 1.807) is 0 Å². The van der Waals surface area contributed by atoms with Gasteiger partial charge in [0, 0.05) is 12.6 Å². The minimum Gasteiger partial charge on any atom is -0.467 e. The normalized spacial score (nSPS) is 10.0. The summed E-state index contributed by atoms with van der Waals surface area (Å²) in [5, 5.41) is 6.93. The Labute approximate surface area is 102 Å². The molecule has 1 aromatic rings. The highest BCUT2D eigenvalue weighted by Gasteiger charge is 2.28. The van der Waals surface area contributed by atoms with Gasteiger partial charge in [-0.2, -0.15) is 18.3 Å². The number of hydrogen-bond donors (Lipinski definition) is 1. The van der Waals surface area contributed by atoms with E-state index in [0.29, 0.717) is 5.69 Å². The highest BCUT2D eigenvalue weighted by atomic mass is 35.5. The summed E-state index contributed by atoms with van der Waals surface area (Å²) in [6.07, 6.45) is -4.37. The van der Waals surface area contributed by atoms with E-state index in [4.69, 9.17) is 5.73 Å². The molecule has 9 heteroatoms. The Balaban J connectivity index is 0. The van der Waals surface area contributed by atoms with Crippen LogP contribution in [0.5, 0.6) is 5.88 Å². The van der Waals surface area contributed by atoms with E-state index in [-0.39, 0.29) is 37.2 Å². The van der Waals surface area contributed by atoms with Gasteiger partial charge in [0.2, 0.25) is 5.88 Å².